The van der Waals surface area contributed by atoms with Crippen molar-refractivity contribution in [1.29, 1.82) is 0 Å². The second-order valence-corrected chi connectivity index (χ2v) is 10.3. The Kier molecular flexibility index (Phi) is 5.71. The van der Waals surface area contributed by atoms with E-state index < -0.39 is 17.7 Å². The first-order valence-corrected chi connectivity index (χ1v) is 12.5. The smallest absolute Gasteiger partial charge is 0.301 e. The van der Waals surface area contributed by atoms with Gasteiger partial charge in [0.2, 0.25) is 0 Å². The lowest BCUT2D eigenvalue weighted by Crippen LogP contribution is -2.28. The van der Waals surface area contributed by atoms with E-state index in [1.165, 1.54) is 33.1 Å². The number of methoxy groups -OCH3 is 1. The summed E-state index contributed by atoms with van der Waals surface area (Å²) in [6.45, 7) is 4.25. The number of aliphatic hydroxyl groups excluding tert-OH is 1. The third-order valence-electron chi connectivity index (χ3n) is 5.89. The Balaban J connectivity index is 1.66. The van der Waals surface area contributed by atoms with Crippen LogP contribution in [-0.2, 0) is 9.59 Å². The van der Waals surface area contributed by atoms with Crippen molar-refractivity contribution in [3.8, 4) is 5.75 Å². The fourth-order valence-electron chi connectivity index (χ4n) is 4.04. The lowest BCUT2D eigenvalue weighted by atomic mass is 10.00. The van der Waals surface area contributed by atoms with Gasteiger partial charge in [0.1, 0.15) is 17.6 Å². The summed E-state index contributed by atoms with van der Waals surface area (Å²) < 4.78 is 6.13. The molecule has 2 aromatic heterocycles. The molecule has 0 aliphatic carbocycles. The van der Waals surface area contributed by atoms with Crippen LogP contribution in [0.15, 0.2) is 65.6 Å². The van der Waals surface area contributed by atoms with Gasteiger partial charge in [0.25, 0.3) is 5.78 Å². The van der Waals surface area contributed by atoms with Crippen molar-refractivity contribution in [2.24, 2.45) is 0 Å². The van der Waals surface area contributed by atoms with Crippen LogP contribution in [-0.4, -0.2) is 28.9 Å². The van der Waals surface area contributed by atoms with E-state index >= 15 is 0 Å². The minimum atomic E-state index is -0.757. The molecule has 1 aliphatic rings. The highest BCUT2D eigenvalue weighted by molar-refractivity contribution is 7.22. The molecule has 34 heavy (non-hydrogen) atoms. The summed E-state index contributed by atoms with van der Waals surface area (Å²) in [6.07, 6.45) is 0. The number of fused-ring (bicyclic) bond motifs is 1. The Bertz CT molecular complexity index is 1420. The van der Waals surface area contributed by atoms with Crippen LogP contribution in [0.2, 0.25) is 0 Å². The lowest BCUT2D eigenvalue weighted by Gasteiger charge is -2.21. The summed E-state index contributed by atoms with van der Waals surface area (Å²) in [7, 11) is 1.55. The second-order valence-electron chi connectivity index (χ2n) is 8.29. The number of amides is 1. The third kappa shape index (κ3) is 3.69. The van der Waals surface area contributed by atoms with Gasteiger partial charge in [-0.2, -0.15) is 0 Å². The van der Waals surface area contributed by atoms with Crippen LogP contribution in [0.1, 0.15) is 41.8 Å². The van der Waals surface area contributed by atoms with E-state index in [1.807, 2.05) is 29.6 Å². The van der Waals surface area contributed by atoms with Gasteiger partial charge in [-0.3, -0.25) is 14.5 Å². The number of hydrogen-bond acceptors (Lipinski definition) is 7. The van der Waals surface area contributed by atoms with Crippen molar-refractivity contribution in [2.45, 2.75) is 25.8 Å². The Hall–Kier alpha value is -3.49. The largest absolute Gasteiger partial charge is 0.507 e. The Morgan fingerprint density at radius 1 is 1.12 bits per heavy atom. The van der Waals surface area contributed by atoms with Gasteiger partial charge in [-0.15, -0.1) is 11.3 Å². The van der Waals surface area contributed by atoms with Crippen molar-refractivity contribution < 1.29 is 19.4 Å². The average Bonchev–Trinajstić information content (AvgIpc) is 3.57. The van der Waals surface area contributed by atoms with Gasteiger partial charge in [-0.1, -0.05) is 37.3 Å². The van der Waals surface area contributed by atoms with E-state index in [0.717, 1.165) is 15.1 Å². The Morgan fingerprint density at radius 2 is 1.88 bits per heavy atom. The quantitative estimate of drug-likeness (QED) is 0.207. The number of ether oxygens (including phenoxy) is 1. The van der Waals surface area contributed by atoms with Gasteiger partial charge in [-0.25, -0.2) is 4.98 Å². The van der Waals surface area contributed by atoms with Gasteiger partial charge in [0, 0.05) is 10.4 Å². The number of carbonyl (C=O) groups excluding carboxylic acids is 2. The number of nitrogens with zero attached hydrogens (tertiary/aromatic N) is 2. The topological polar surface area (TPSA) is 79.7 Å². The Morgan fingerprint density at radius 3 is 2.53 bits per heavy atom. The molecule has 1 amide bonds. The zero-order valence-electron chi connectivity index (χ0n) is 18.8. The molecule has 8 heteroatoms. The number of ketones is 1. The van der Waals surface area contributed by atoms with Crippen LogP contribution in [0.4, 0.5) is 5.13 Å². The number of rotatable bonds is 5. The first kappa shape index (κ1) is 22.3. The summed E-state index contributed by atoms with van der Waals surface area (Å²) in [4.78, 5) is 33.4. The van der Waals surface area contributed by atoms with Gasteiger partial charge < -0.3 is 9.84 Å². The standard InChI is InChI=1S/C26H22N2O4S2/c1-14(2)16-8-11-18-20(13-16)34-26(27-18)28-22(19-5-4-12-33-19)21(24(30)25(28)31)23(29)15-6-9-17(32-3)10-7-15/h4-14,22,29H,1-3H3/b23-21+. The minimum absolute atomic E-state index is 0.0553. The molecule has 1 aliphatic heterocycles. The van der Waals surface area contributed by atoms with Gasteiger partial charge in [0.05, 0.1) is 22.9 Å². The van der Waals surface area contributed by atoms with Crippen LogP contribution in [0, 0.1) is 0 Å². The average molecular weight is 491 g/mol. The molecule has 0 spiro atoms. The number of carbonyl (C=O) groups is 2. The van der Waals surface area contributed by atoms with E-state index in [2.05, 4.69) is 24.9 Å². The summed E-state index contributed by atoms with van der Waals surface area (Å²) in [5, 5.41) is 13.5. The molecule has 172 valence electrons. The minimum Gasteiger partial charge on any atom is -0.507 e. The molecule has 6 nitrogen and oxygen atoms in total. The predicted molar refractivity (Wildman–Crippen MR) is 136 cm³/mol. The molecule has 1 unspecified atom stereocenters. The number of hydrogen-bond donors (Lipinski definition) is 1. The molecule has 2 aromatic carbocycles. The van der Waals surface area contributed by atoms with E-state index in [4.69, 9.17) is 4.74 Å². The molecule has 0 bridgehead atoms. The molecule has 5 rings (SSSR count). The number of aliphatic hydroxyl groups is 1. The second kappa shape index (κ2) is 8.70. The zero-order valence-corrected chi connectivity index (χ0v) is 20.4. The van der Waals surface area contributed by atoms with E-state index in [1.54, 1.807) is 31.4 Å². The maximum absolute atomic E-state index is 13.3. The van der Waals surface area contributed by atoms with Crippen LogP contribution in [0.25, 0.3) is 16.0 Å². The lowest BCUT2D eigenvalue weighted by molar-refractivity contribution is -0.132. The zero-order chi connectivity index (χ0) is 24.0. The van der Waals surface area contributed by atoms with Crippen molar-refractivity contribution in [3.05, 3.63) is 81.6 Å². The van der Waals surface area contributed by atoms with E-state index in [9.17, 15) is 14.7 Å². The number of anilines is 1. The normalized spacial score (nSPS) is 17.8. The molecule has 1 fully saturated rings. The number of thiazole rings is 1. The number of aromatic nitrogens is 1. The van der Waals surface area contributed by atoms with Crippen LogP contribution in [0.5, 0.6) is 5.75 Å². The highest BCUT2D eigenvalue weighted by Gasteiger charge is 2.48. The van der Waals surface area contributed by atoms with E-state index in [0.29, 0.717) is 22.4 Å². The molecule has 1 atom stereocenters. The summed E-state index contributed by atoms with van der Waals surface area (Å²) in [6, 6.07) is 15.7. The molecule has 3 heterocycles. The SMILES string of the molecule is COc1ccc(/C(O)=C2\C(=O)C(=O)N(c3nc4ccc(C(C)C)cc4s3)C2c2cccs2)cc1. The fourth-order valence-corrected chi connectivity index (χ4v) is 5.91. The first-order valence-electron chi connectivity index (χ1n) is 10.8. The van der Waals surface area contributed by atoms with Crippen molar-refractivity contribution in [2.75, 3.05) is 12.0 Å². The molecular formula is C26H22N2O4S2. The maximum atomic E-state index is 13.3. The summed E-state index contributed by atoms with van der Waals surface area (Å²) in [5.74, 6) is -0.655. The molecule has 4 aromatic rings. The van der Waals surface area contributed by atoms with Gasteiger partial charge >= 0.3 is 5.91 Å². The Labute approximate surface area is 204 Å². The molecular weight excluding hydrogens is 468 g/mol. The number of thiophene rings is 1. The number of Topliss-reactive ketones (excluding diaryl/α,β-unsaturated/α-hetero) is 1. The van der Waals surface area contributed by atoms with Crippen molar-refractivity contribution >= 4 is 55.5 Å². The monoisotopic (exact) mass is 490 g/mol. The highest BCUT2D eigenvalue weighted by atomic mass is 32.1. The van der Waals surface area contributed by atoms with Crippen LogP contribution >= 0.6 is 22.7 Å². The predicted octanol–water partition coefficient (Wildman–Crippen LogP) is 6.12. The van der Waals surface area contributed by atoms with Crippen LogP contribution < -0.4 is 9.64 Å². The highest BCUT2D eigenvalue weighted by Crippen LogP contribution is 2.45. The maximum Gasteiger partial charge on any atom is 0.301 e. The molecule has 1 N–H and O–H groups in total. The molecule has 0 radical (unpaired) electrons. The summed E-state index contributed by atoms with van der Waals surface area (Å²) >= 11 is 2.80. The third-order valence-corrected chi connectivity index (χ3v) is 7.84. The number of benzene rings is 2. The van der Waals surface area contributed by atoms with Crippen LogP contribution in [0.3, 0.4) is 0 Å². The summed E-state index contributed by atoms with van der Waals surface area (Å²) in [5.41, 5.74) is 2.44. The molecule has 0 saturated carbocycles. The van der Waals surface area contributed by atoms with E-state index in [-0.39, 0.29) is 11.3 Å². The van der Waals surface area contributed by atoms with Gasteiger partial charge in [0.15, 0.2) is 5.13 Å². The van der Waals surface area contributed by atoms with Crippen molar-refractivity contribution in [3.63, 3.8) is 0 Å². The molecule has 1 saturated heterocycles. The first-order chi connectivity index (χ1) is 16.4. The van der Waals surface area contributed by atoms with Gasteiger partial charge in [-0.05, 0) is 59.3 Å². The van der Waals surface area contributed by atoms with Crippen molar-refractivity contribution in [1.82, 2.24) is 4.98 Å². The fraction of sp³-hybridized carbons (Fsp3) is 0.192.